The van der Waals surface area contributed by atoms with E-state index in [0.717, 1.165) is 71.6 Å². The number of nitrogens with two attached hydrogens (primary N) is 1. The molecule has 2 aliphatic carbocycles. The molecule has 0 saturated heterocycles. The summed E-state index contributed by atoms with van der Waals surface area (Å²) in [4.78, 5) is 17.5. The maximum absolute atomic E-state index is 12.9. The van der Waals surface area contributed by atoms with Crippen LogP contribution in [0.1, 0.15) is 67.1 Å². The van der Waals surface area contributed by atoms with Crippen molar-refractivity contribution < 1.29 is 14.1 Å². The lowest BCUT2D eigenvalue weighted by molar-refractivity contribution is 0.0789. The molecule has 2 aromatic rings. The van der Waals surface area contributed by atoms with Gasteiger partial charge in [-0.15, -0.1) is 15.7 Å². The Labute approximate surface area is 175 Å². The summed E-state index contributed by atoms with van der Waals surface area (Å²) in [5, 5.41) is 20.5. The lowest BCUT2D eigenvalue weighted by atomic mass is 10.0. The summed E-state index contributed by atoms with van der Waals surface area (Å²) < 4.78 is 17.0. The summed E-state index contributed by atoms with van der Waals surface area (Å²) in [5.74, 6) is 0.471. The van der Waals surface area contributed by atoms with Crippen molar-refractivity contribution in [3.8, 4) is 0 Å². The topological polar surface area (TPSA) is 118 Å². The van der Waals surface area contributed by atoms with Gasteiger partial charge in [0.05, 0.1) is 11.3 Å². The van der Waals surface area contributed by atoms with Crippen molar-refractivity contribution in [2.45, 2.75) is 68.6 Å². The number of aliphatic hydroxyl groups is 1. The number of nitrogens with zero attached hydrogens (tertiary/aromatic N) is 2. The Balaban J connectivity index is 1.65. The molecule has 0 spiro atoms. The zero-order valence-corrected chi connectivity index (χ0v) is 18.5. The Morgan fingerprint density at radius 2 is 2.14 bits per heavy atom. The van der Waals surface area contributed by atoms with E-state index in [9.17, 15) is 14.1 Å². The average molecular weight is 435 g/mol. The lowest BCUT2D eigenvalue weighted by Gasteiger charge is -2.16. The fraction of sp³-hybridized carbons (Fsp3) is 0.500. The second-order valence-electron chi connectivity index (χ2n) is 8.35. The molecule has 0 aromatic carbocycles. The van der Waals surface area contributed by atoms with Crippen molar-refractivity contribution >= 4 is 33.0 Å². The van der Waals surface area contributed by atoms with Gasteiger partial charge in [0.25, 0.3) is 0 Å². The molecule has 9 heteroatoms. The second-order valence-corrected chi connectivity index (χ2v) is 11.3. The van der Waals surface area contributed by atoms with E-state index in [0.29, 0.717) is 11.5 Å². The molecule has 1 fully saturated rings. The van der Waals surface area contributed by atoms with Crippen LogP contribution in [0.5, 0.6) is 0 Å². The minimum atomic E-state index is -3.41. The van der Waals surface area contributed by atoms with Gasteiger partial charge in [-0.05, 0) is 81.0 Å². The van der Waals surface area contributed by atoms with Crippen LogP contribution >= 0.6 is 11.3 Å². The first-order valence-corrected chi connectivity index (χ1v) is 12.2. The van der Waals surface area contributed by atoms with Crippen LogP contribution in [0, 0.1) is 6.92 Å². The standard InChI is InChI=1S/C20H26N4O3S2/c1-11-17(12-7-8-12)22-15-6-4-5-14(15)18(11)23-19(25)24-29(21,27)16-9-13(10-28-16)20(2,3)26/h9-10,12,26H,4-8H2,1-3H3,(H3,21,22,23,24,25,27)/t29-/m0/s1. The van der Waals surface area contributed by atoms with Crippen molar-refractivity contribution in [1.82, 2.24) is 4.98 Å². The summed E-state index contributed by atoms with van der Waals surface area (Å²) in [6.07, 6.45) is 5.05. The van der Waals surface area contributed by atoms with Gasteiger partial charge in [-0.1, -0.05) is 0 Å². The summed E-state index contributed by atoms with van der Waals surface area (Å²) in [5.41, 5.74) is 4.39. The fourth-order valence-electron chi connectivity index (χ4n) is 3.72. The maximum Gasteiger partial charge on any atom is 0.354 e. The number of aromatic nitrogens is 1. The van der Waals surface area contributed by atoms with Crippen molar-refractivity contribution in [2.24, 2.45) is 9.50 Å². The molecule has 29 heavy (non-hydrogen) atoms. The normalized spacial score (nSPS) is 18.2. The van der Waals surface area contributed by atoms with E-state index in [-0.39, 0.29) is 4.21 Å². The maximum atomic E-state index is 12.9. The molecule has 0 radical (unpaired) electrons. The molecule has 1 atom stereocenters. The fourth-order valence-corrected chi connectivity index (χ4v) is 6.00. The number of aryl methyl sites for hydroxylation is 1. The minimum Gasteiger partial charge on any atom is -0.386 e. The predicted molar refractivity (Wildman–Crippen MR) is 115 cm³/mol. The third-order valence-electron chi connectivity index (χ3n) is 5.49. The Hall–Kier alpha value is -1.81. The van der Waals surface area contributed by atoms with E-state index in [1.807, 2.05) is 6.92 Å². The summed E-state index contributed by atoms with van der Waals surface area (Å²) in [6, 6.07) is 0.825. The molecule has 1 saturated carbocycles. The van der Waals surface area contributed by atoms with Gasteiger partial charge in [0.15, 0.2) is 9.92 Å². The number of carbonyl (C=O) groups is 1. The van der Waals surface area contributed by atoms with Crippen molar-refractivity contribution in [3.63, 3.8) is 0 Å². The molecule has 4 rings (SSSR count). The zero-order valence-electron chi connectivity index (χ0n) is 16.8. The van der Waals surface area contributed by atoms with Crippen LogP contribution in [-0.4, -0.2) is 20.3 Å². The number of anilines is 1. The third-order valence-corrected chi connectivity index (χ3v) is 8.35. The third kappa shape index (κ3) is 4.09. The SMILES string of the molecule is Cc1c(C2CC2)nc2c(c1NC(=O)N=[S@](N)(=O)c1cc(C(C)(C)O)cs1)CCC2. The first kappa shape index (κ1) is 20.5. The van der Waals surface area contributed by atoms with Crippen LogP contribution in [0.3, 0.4) is 0 Å². The van der Waals surface area contributed by atoms with E-state index < -0.39 is 21.5 Å². The minimum absolute atomic E-state index is 0.264. The van der Waals surface area contributed by atoms with E-state index in [4.69, 9.17) is 10.1 Å². The quantitative estimate of drug-likeness (QED) is 0.674. The number of thiophene rings is 1. The molecule has 0 aliphatic heterocycles. The highest BCUT2D eigenvalue weighted by atomic mass is 32.2. The highest BCUT2D eigenvalue weighted by Crippen LogP contribution is 2.44. The molecule has 2 heterocycles. The van der Waals surface area contributed by atoms with Gasteiger partial charge >= 0.3 is 6.03 Å². The lowest BCUT2D eigenvalue weighted by Crippen LogP contribution is -2.19. The van der Waals surface area contributed by atoms with Gasteiger partial charge in [-0.3, -0.25) is 4.98 Å². The Morgan fingerprint density at radius 3 is 2.76 bits per heavy atom. The van der Waals surface area contributed by atoms with Gasteiger partial charge in [-0.2, -0.15) is 0 Å². The number of rotatable bonds is 4. The molecule has 2 aliphatic rings. The Kier molecular flexibility index (Phi) is 5.05. The van der Waals surface area contributed by atoms with Crippen LogP contribution in [0.15, 0.2) is 20.0 Å². The number of hydrogen-bond donors (Lipinski definition) is 3. The number of fused-ring (bicyclic) bond motifs is 1. The molecule has 0 unspecified atom stereocenters. The molecule has 0 bridgehead atoms. The van der Waals surface area contributed by atoms with Crippen molar-refractivity contribution in [1.29, 1.82) is 0 Å². The Morgan fingerprint density at radius 1 is 1.41 bits per heavy atom. The molecule has 2 amide bonds. The summed E-state index contributed by atoms with van der Waals surface area (Å²) in [6.45, 7) is 5.24. The molecular weight excluding hydrogens is 408 g/mol. The van der Waals surface area contributed by atoms with Gasteiger partial charge in [0.1, 0.15) is 4.21 Å². The molecule has 7 nitrogen and oxygen atoms in total. The highest BCUT2D eigenvalue weighted by Gasteiger charge is 2.31. The number of urea groups is 1. The van der Waals surface area contributed by atoms with Crippen LogP contribution in [-0.2, 0) is 28.4 Å². The summed E-state index contributed by atoms with van der Waals surface area (Å²) in [7, 11) is -3.41. The number of carbonyl (C=O) groups excluding carboxylic acids is 1. The Bertz CT molecular complexity index is 1100. The summed E-state index contributed by atoms with van der Waals surface area (Å²) >= 11 is 1.13. The van der Waals surface area contributed by atoms with E-state index in [1.165, 1.54) is 0 Å². The molecule has 4 N–H and O–H groups in total. The number of nitrogens with one attached hydrogen (secondary N) is 1. The van der Waals surface area contributed by atoms with E-state index >= 15 is 0 Å². The first-order chi connectivity index (χ1) is 13.6. The van der Waals surface area contributed by atoms with Crippen LogP contribution in [0.4, 0.5) is 10.5 Å². The highest BCUT2D eigenvalue weighted by molar-refractivity contribution is 7.93. The average Bonchev–Trinajstić information content (AvgIpc) is 3.13. The van der Waals surface area contributed by atoms with Gasteiger partial charge in [-0.25, -0.2) is 14.1 Å². The van der Waals surface area contributed by atoms with Crippen LogP contribution in [0.25, 0.3) is 0 Å². The van der Waals surface area contributed by atoms with Gasteiger partial charge in [0, 0.05) is 17.3 Å². The smallest absolute Gasteiger partial charge is 0.354 e. The molecule has 2 aromatic heterocycles. The zero-order chi connectivity index (χ0) is 21.0. The van der Waals surface area contributed by atoms with Gasteiger partial charge < -0.3 is 10.4 Å². The van der Waals surface area contributed by atoms with Crippen molar-refractivity contribution in [2.75, 3.05) is 5.32 Å². The first-order valence-electron chi connectivity index (χ1n) is 9.76. The van der Waals surface area contributed by atoms with Crippen molar-refractivity contribution in [3.05, 3.63) is 39.5 Å². The second kappa shape index (κ2) is 7.16. The van der Waals surface area contributed by atoms with Crippen LogP contribution in [0.2, 0.25) is 0 Å². The van der Waals surface area contributed by atoms with E-state index in [2.05, 4.69) is 9.68 Å². The molecular formula is C20H26N4O3S2. The van der Waals surface area contributed by atoms with E-state index in [1.54, 1.807) is 25.3 Å². The largest absolute Gasteiger partial charge is 0.386 e. The van der Waals surface area contributed by atoms with Crippen LogP contribution < -0.4 is 10.5 Å². The number of pyridine rings is 1. The molecule has 156 valence electrons. The predicted octanol–water partition coefficient (Wildman–Crippen LogP) is 3.98. The van der Waals surface area contributed by atoms with Gasteiger partial charge in [0.2, 0.25) is 0 Å². The number of amides is 2. The monoisotopic (exact) mass is 434 g/mol. The number of hydrogen-bond acceptors (Lipinski definition) is 5.